The van der Waals surface area contributed by atoms with Gasteiger partial charge in [0.25, 0.3) is 0 Å². The molecule has 142 valence electrons. The molecule has 0 atom stereocenters. The molecule has 0 aliphatic heterocycles. The zero-order valence-electron chi connectivity index (χ0n) is 14.4. The predicted octanol–water partition coefficient (Wildman–Crippen LogP) is 6.19. The molecule has 4 aromatic rings. The smallest absolute Gasteiger partial charge is 0.307 e. The number of hydrogen-bond donors (Lipinski definition) is 2. The van der Waals surface area contributed by atoms with Crippen LogP contribution in [0.25, 0.3) is 29.3 Å². The minimum Gasteiger partial charge on any atom is -0.481 e. The Hall–Kier alpha value is -2.26. The van der Waals surface area contributed by atoms with Crippen LogP contribution >= 0.6 is 45.3 Å². The molecule has 0 bridgehead atoms. The average Bonchev–Trinajstić information content (AvgIpc) is 3.40. The molecule has 0 fully saturated rings. The first-order valence-electron chi connectivity index (χ1n) is 8.28. The van der Waals surface area contributed by atoms with Gasteiger partial charge in [-0.05, 0) is 58.3 Å². The van der Waals surface area contributed by atoms with E-state index in [1.165, 1.54) is 0 Å². The molecule has 4 nitrogen and oxygen atoms in total. The third-order valence-corrected chi connectivity index (χ3v) is 8.70. The van der Waals surface area contributed by atoms with Crippen LogP contribution in [0.2, 0.25) is 0 Å². The number of hydrogen-bond acceptors (Lipinski definition) is 6. The molecule has 8 heteroatoms. The maximum Gasteiger partial charge on any atom is 0.307 e. The molecule has 0 spiro atoms. The molecule has 28 heavy (non-hydrogen) atoms. The van der Waals surface area contributed by atoms with Gasteiger partial charge in [-0.2, -0.15) is 0 Å². The highest BCUT2D eigenvalue weighted by molar-refractivity contribution is 7.28. The van der Waals surface area contributed by atoms with Crippen LogP contribution in [0.4, 0.5) is 0 Å². The Morgan fingerprint density at radius 2 is 1.36 bits per heavy atom. The first kappa shape index (κ1) is 19.1. The van der Waals surface area contributed by atoms with E-state index in [9.17, 15) is 9.59 Å². The summed E-state index contributed by atoms with van der Waals surface area (Å²) in [5.41, 5.74) is 1.67. The van der Waals surface area contributed by atoms with Crippen LogP contribution in [0, 0.1) is 0 Å². The highest BCUT2D eigenvalue weighted by Crippen LogP contribution is 2.43. The summed E-state index contributed by atoms with van der Waals surface area (Å²) in [6, 6.07) is 12.1. The van der Waals surface area contributed by atoms with E-state index >= 15 is 0 Å². The Balaban J connectivity index is 1.57. The molecule has 4 heterocycles. The molecule has 0 amide bonds. The second-order valence-electron chi connectivity index (χ2n) is 6.06. The zero-order chi connectivity index (χ0) is 19.7. The monoisotopic (exact) mass is 446 g/mol. The molecule has 0 radical (unpaired) electrons. The summed E-state index contributed by atoms with van der Waals surface area (Å²) in [6.45, 7) is 0. The molecule has 0 saturated heterocycles. The van der Waals surface area contributed by atoms with E-state index in [0.717, 1.165) is 40.4 Å². The first-order valence-corrected chi connectivity index (χ1v) is 11.7. The standard InChI is InChI=1S/C20H14O4S4/c21-18(22)8-11-7-17(26-10-11)15-2-1-13(27-15)14-3-4-16(28-14)20-12(5-6-25-20)9-19(23)24/h1-7,10H,8-9H2,(H,21,22)(H,23,24). The van der Waals surface area contributed by atoms with Crippen molar-refractivity contribution in [1.29, 1.82) is 0 Å². The quantitative estimate of drug-likeness (QED) is 0.355. The minimum atomic E-state index is -0.822. The largest absolute Gasteiger partial charge is 0.481 e. The van der Waals surface area contributed by atoms with Gasteiger partial charge in [-0.15, -0.1) is 45.3 Å². The molecule has 0 aliphatic rings. The van der Waals surface area contributed by atoms with Crippen LogP contribution < -0.4 is 0 Å². The molecular weight excluding hydrogens is 432 g/mol. The molecular formula is C20H14O4S4. The van der Waals surface area contributed by atoms with Gasteiger partial charge in [-0.1, -0.05) is 0 Å². The van der Waals surface area contributed by atoms with E-state index in [2.05, 4.69) is 18.2 Å². The number of rotatable bonds is 7. The van der Waals surface area contributed by atoms with E-state index in [0.29, 0.717) is 0 Å². The van der Waals surface area contributed by atoms with Crippen LogP contribution in [-0.4, -0.2) is 22.2 Å². The minimum absolute atomic E-state index is 0.0340. The van der Waals surface area contributed by atoms with Crippen molar-refractivity contribution in [2.75, 3.05) is 0 Å². The summed E-state index contributed by atoms with van der Waals surface area (Å²) in [6.07, 6.45) is 0.0782. The molecule has 2 N–H and O–H groups in total. The maximum absolute atomic E-state index is 11.1. The SMILES string of the molecule is O=C(O)Cc1csc(-c2ccc(-c3ccc(-c4sccc4CC(=O)O)s3)s2)c1. The number of carboxylic acid groups (broad SMARTS) is 2. The Labute approximate surface area is 177 Å². The average molecular weight is 447 g/mol. The van der Waals surface area contributed by atoms with Gasteiger partial charge >= 0.3 is 11.9 Å². The van der Waals surface area contributed by atoms with Gasteiger partial charge < -0.3 is 10.2 Å². The number of aliphatic carboxylic acids is 2. The van der Waals surface area contributed by atoms with Gasteiger partial charge in [0.1, 0.15) is 0 Å². The van der Waals surface area contributed by atoms with Crippen LogP contribution in [0.1, 0.15) is 11.1 Å². The van der Waals surface area contributed by atoms with Crippen LogP contribution in [-0.2, 0) is 22.4 Å². The van der Waals surface area contributed by atoms with E-state index < -0.39 is 11.9 Å². The second kappa shape index (κ2) is 8.00. The van der Waals surface area contributed by atoms with Crippen molar-refractivity contribution in [3.63, 3.8) is 0 Å². The lowest BCUT2D eigenvalue weighted by atomic mass is 10.2. The summed E-state index contributed by atoms with van der Waals surface area (Å²) in [7, 11) is 0. The topological polar surface area (TPSA) is 74.6 Å². The summed E-state index contributed by atoms with van der Waals surface area (Å²) < 4.78 is 0. The molecule has 0 aliphatic carbocycles. The summed E-state index contributed by atoms with van der Waals surface area (Å²) in [4.78, 5) is 28.5. The molecule has 0 aromatic carbocycles. The normalized spacial score (nSPS) is 11.0. The first-order chi connectivity index (χ1) is 13.5. The van der Waals surface area contributed by atoms with Crippen molar-refractivity contribution < 1.29 is 19.8 Å². The van der Waals surface area contributed by atoms with Crippen molar-refractivity contribution in [1.82, 2.24) is 0 Å². The van der Waals surface area contributed by atoms with Crippen molar-refractivity contribution in [2.24, 2.45) is 0 Å². The Bertz CT molecular complexity index is 1140. The molecule has 4 rings (SSSR count). The summed E-state index contributed by atoms with van der Waals surface area (Å²) >= 11 is 6.47. The van der Waals surface area contributed by atoms with Crippen molar-refractivity contribution >= 4 is 57.3 Å². The van der Waals surface area contributed by atoms with Crippen molar-refractivity contribution in [2.45, 2.75) is 12.8 Å². The van der Waals surface area contributed by atoms with E-state index in [1.54, 1.807) is 45.3 Å². The van der Waals surface area contributed by atoms with Gasteiger partial charge in [-0.25, -0.2) is 0 Å². The number of thiophene rings is 4. The lowest BCUT2D eigenvalue weighted by molar-refractivity contribution is -0.137. The van der Waals surface area contributed by atoms with Gasteiger partial charge in [0.15, 0.2) is 0 Å². The predicted molar refractivity (Wildman–Crippen MR) is 117 cm³/mol. The van der Waals surface area contributed by atoms with Crippen molar-refractivity contribution in [3.8, 4) is 29.3 Å². The Morgan fingerprint density at radius 3 is 2.04 bits per heavy atom. The second-order valence-corrected chi connectivity index (χ2v) is 10.1. The zero-order valence-corrected chi connectivity index (χ0v) is 17.6. The molecule has 0 unspecified atom stereocenters. The fourth-order valence-electron chi connectivity index (χ4n) is 2.82. The summed E-state index contributed by atoms with van der Waals surface area (Å²) in [5.74, 6) is -1.64. The number of carboxylic acids is 2. The van der Waals surface area contributed by atoms with Crippen molar-refractivity contribution in [3.05, 3.63) is 58.3 Å². The van der Waals surface area contributed by atoms with Gasteiger partial charge in [0.2, 0.25) is 0 Å². The highest BCUT2D eigenvalue weighted by atomic mass is 32.1. The third kappa shape index (κ3) is 4.10. The fraction of sp³-hybridized carbons (Fsp3) is 0.100. The summed E-state index contributed by atoms with van der Waals surface area (Å²) in [5, 5.41) is 21.8. The lowest BCUT2D eigenvalue weighted by Crippen LogP contribution is -1.99. The van der Waals surface area contributed by atoms with Crippen LogP contribution in [0.5, 0.6) is 0 Å². The lowest BCUT2D eigenvalue weighted by Gasteiger charge is -1.98. The van der Waals surface area contributed by atoms with Gasteiger partial charge in [0.05, 0.1) is 12.8 Å². The van der Waals surface area contributed by atoms with Gasteiger partial charge in [0, 0.05) is 29.3 Å². The Morgan fingerprint density at radius 1 is 0.750 bits per heavy atom. The number of carbonyl (C=O) groups is 2. The highest BCUT2D eigenvalue weighted by Gasteiger charge is 2.15. The van der Waals surface area contributed by atoms with Crippen LogP contribution in [0.3, 0.4) is 0 Å². The third-order valence-electron chi connectivity index (χ3n) is 4.02. The Kier molecular flexibility index (Phi) is 5.45. The fourth-order valence-corrected chi connectivity index (χ4v) is 7.03. The van der Waals surface area contributed by atoms with Crippen LogP contribution in [0.15, 0.2) is 47.2 Å². The van der Waals surface area contributed by atoms with E-state index in [4.69, 9.17) is 10.2 Å². The maximum atomic E-state index is 11.1. The molecule has 0 saturated carbocycles. The molecule has 4 aromatic heterocycles. The van der Waals surface area contributed by atoms with Gasteiger partial charge in [-0.3, -0.25) is 9.59 Å². The van der Waals surface area contributed by atoms with E-state index in [-0.39, 0.29) is 12.8 Å². The van der Waals surface area contributed by atoms with E-state index in [1.807, 2.05) is 29.0 Å².